The van der Waals surface area contributed by atoms with Gasteiger partial charge in [-0.25, -0.2) is 16.8 Å². The van der Waals surface area contributed by atoms with Crippen LogP contribution in [0.2, 0.25) is 0 Å². The highest BCUT2D eigenvalue weighted by molar-refractivity contribution is 7.89. The summed E-state index contributed by atoms with van der Waals surface area (Å²) in [6.07, 6.45) is 0.614. The summed E-state index contributed by atoms with van der Waals surface area (Å²) >= 11 is 0. The fourth-order valence-corrected chi connectivity index (χ4v) is 6.30. The van der Waals surface area contributed by atoms with Crippen molar-refractivity contribution < 1.29 is 16.8 Å². The fraction of sp³-hybridized carbons (Fsp3) is 0.647. The summed E-state index contributed by atoms with van der Waals surface area (Å²) in [5.41, 5.74) is 1.73. The Morgan fingerprint density at radius 2 is 1.52 bits per heavy atom. The number of aryl methyl sites for hydroxylation is 2. The summed E-state index contributed by atoms with van der Waals surface area (Å²) in [6.45, 7) is 8.49. The van der Waals surface area contributed by atoms with Crippen molar-refractivity contribution in [2.75, 3.05) is 31.9 Å². The van der Waals surface area contributed by atoms with E-state index in [4.69, 9.17) is 0 Å². The van der Waals surface area contributed by atoms with Crippen LogP contribution in [0, 0.1) is 19.8 Å². The average molecular weight is 389 g/mol. The Hall–Kier alpha value is -0.960. The van der Waals surface area contributed by atoms with E-state index in [2.05, 4.69) is 0 Å². The maximum Gasteiger partial charge on any atom is 0.243 e. The summed E-state index contributed by atoms with van der Waals surface area (Å²) in [4.78, 5) is 0.300. The summed E-state index contributed by atoms with van der Waals surface area (Å²) < 4.78 is 53.2. The van der Waals surface area contributed by atoms with Crippen molar-refractivity contribution in [2.24, 2.45) is 5.92 Å². The van der Waals surface area contributed by atoms with E-state index < -0.39 is 20.0 Å². The van der Waals surface area contributed by atoms with Gasteiger partial charge in [-0.1, -0.05) is 31.5 Å². The van der Waals surface area contributed by atoms with Crippen LogP contribution in [0.1, 0.15) is 31.4 Å². The third-order valence-corrected chi connectivity index (χ3v) is 8.45. The lowest BCUT2D eigenvalue weighted by molar-refractivity contribution is 0.272. The molecule has 1 aliphatic rings. The van der Waals surface area contributed by atoms with Crippen molar-refractivity contribution in [3.8, 4) is 0 Å². The molecule has 0 aliphatic carbocycles. The highest BCUT2D eigenvalue weighted by atomic mass is 32.2. The summed E-state index contributed by atoms with van der Waals surface area (Å²) in [7, 11) is -6.91. The highest BCUT2D eigenvalue weighted by Crippen LogP contribution is 2.23. The standard InChI is InChI=1S/C17H28N2O4S2/c1-14(2)7-12-24(20,21)18-8-10-19(11-9-18)25(22,23)17-6-5-15(3)13-16(17)4/h5-6,13-14H,7-12H2,1-4H3. The molecule has 1 aliphatic heterocycles. The van der Waals surface area contributed by atoms with E-state index in [0.29, 0.717) is 22.8 Å². The topological polar surface area (TPSA) is 74.8 Å². The molecule has 1 heterocycles. The number of benzene rings is 1. The second-order valence-corrected chi connectivity index (χ2v) is 11.1. The maximum absolute atomic E-state index is 12.8. The first-order valence-electron chi connectivity index (χ1n) is 8.59. The fourth-order valence-electron chi connectivity index (χ4n) is 2.93. The van der Waals surface area contributed by atoms with Gasteiger partial charge in [-0.15, -0.1) is 0 Å². The first-order chi connectivity index (χ1) is 11.5. The Morgan fingerprint density at radius 1 is 0.960 bits per heavy atom. The molecule has 1 aromatic rings. The van der Waals surface area contributed by atoms with Crippen LogP contribution < -0.4 is 0 Å². The van der Waals surface area contributed by atoms with Gasteiger partial charge in [0, 0.05) is 26.2 Å². The molecule has 0 bridgehead atoms. The van der Waals surface area contributed by atoms with Gasteiger partial charge < -0.3 is 0 Å². The quantitative estimate of drug-likeness (QED) is 0.747. The van der Waals surface area contributed by atoms with E-state index >= 15 is 0 Å². The Morgan fingerprint density at radius 3 is 2.04 bits per heavy atom. The Kier molecular flexibility index (Phi) is 6.30. The van der Waals surface area contributed by atoms with E-state index in [9.17, 15) is 16.8 Å². The van der Waals surface area contributed by atoms with Crippen molar-refractivity contribution in [3.05, 3.63) is 29.3 Å². The van der Waals surface area contributed by atoms with Crippen LogP contribution >= 0.6 is 0 Å². The lowest BCUT2D eigenvalue weighted by Gasteiger charge is -2.33. The molecule has 8 heteroatoms. The second kappa shape index (κ2) is 7.73. The van der Waals surface area contributed by atoms with Crippen molar-refractivity contribution in [2.45, 2.75) is 39.0 Å². The monoisotopic (exact) mass is 388 g/mol. The molecule has 0 saturated carbocycles. The zero-order chi connectivity index (χ0) is 18.8. The molecular weight excluding hydrogens is 360 g/mol. The van der Waals surface area contributed by atoms with E-state index in [1.54, 1.807) is 19.1 Å². The van der Waals surface area contributed by atoms with Gasteiger partial charge in [0.05, 0.1) is 10.6 Å². The molecule has 1 fully saturated rings. The lowest BCUT2D eigenvalue weighted by atomic mass is 10.2. The Bertz CT molecular complexity index is 809. The zero-order valence-corrected chi connectivity index (χ0v) is 17.0. The second-order valence-electron chi connectivity index (χ2n) is 7.07. The smallest absolute Gasteiger partial charge is 0.212 e. The molecule has 0 radical (unpaired) electrons. The van der Waals surface area contributed by atoms with Crippen LogP contribution in [0.15, 0.2) is 23.1 Å². The molecule has 0 atom stereocenters. The predicted molar refractivity (Wildman–Crippen MR) is 99.5 cm³/mol. The minimum atomic E-state index is -3.59. The van der Waals surface area contributed by atoms with Gasteiger partial charge in [0.25, 0.3) is 0 Å². The number of rotatable bonds is 6. The molecule has 0 aromatic heterocycles. The SMILES string of the molecule is Cc1ccc(S(=O)(=O)N2CCN(S(=O)(=O)CCC(C)C)CC2)c(C)c1. The Labute approximate surface area is 151 Å². The molecule has 142 valence electrons. The van der Waals surface area contributed by atoms with Gasteiger partial charge in [0.15, 0.2) is 0 Å². The van der Waals surface area contributed by atoms with Crippen molar-refractivity contribution >= 4 is 20.0 Å². The van der Waals surface area contributed by atoms with Crippen LogP contribution in [-0.2, 0) is 20.0 Å². The average Bonchev–Trinajstić information content (AvgIpc) is 2.53. The summed E-state index contributed by atoms with van der Waals surface area (Å²) in [5.74, 6) is 0.440. The number of nitrogens with zero attached hydrogens (tertiary/aromatic N) is 2. The molecule has 0 amide bonds. The predicted octanol–water partition coefficient (Wildman–Crippen LogP) is 1.99. The molecular formula is C17H28N2O4S2. The summed E-state index contributed by atoms with van der Waals surface area (Å²) in [5, 5.41) is 0. The normalized spacial score (nSPS) is 18.0. The van der Waals surface area contributed by atoms with Crippen molar-refractivity contribution in [1.29, 1.82) is 0 Å². The highest BCUT2D eigenvalue weighted by Gasteiger charge is 2.33. The first-order valence-corrected chi connectivity index (χ1v) is 11.6. The van der Waals surface area contributed by atoms with Crippen LogP contribution in [0.25, 0.3) is 0 Å². The minimum absolute atomic E-state index is 0.120. The Balaban J connectivity index is 2.08. The van der Waals surface area contributed by atoms with Gasteiger partial charge in [0.1, 0.15) is 0 Å². The van der Waals surface area contributed by atoms with Gasteiger partial charge >= 0.3 is 0 Å². The van der Waals surface area contributed by atoms with Gasteiger partial charge in [-0.3, -0.25) is 0 Å². The molecule has 0 unspecified atom stereocenters. The van der Waals surface area contributed by atoms with Gasteiger partial charge in [-0.05, 0) is 37.8 Å². The van der Waals surface area contributed by atoms with E-state index in [-0.39, 0.29) is 31.9 Å². The van der Waals surface area contributed by atoms with Crippen molar-refractivity contribution in [1.82, 2.24) is 8.61 Å². The molecule has 6 nitrogen and oxygen atoms in total. The summed E-state index contributed by atoms with van der Waals surface area (Å²) in [6, 6.07) is 5.26. The molecule has 0 spiro atoms. The third kappa shape index (κ3) is 4.81. The third-order valence-electron chi connectivity index (χ3n) is 4.49. The van der Waals surface area contributed by atoms with Crippen LogP contribution in [-0.4, -0.2) is 57.4 Å². The number of hydrogen-bond acceptors (Lipinski definition) is 4. The molecule has 0 N–H and O–H groups in total. The largest absolute Gasteiger partial charge is 0.243 e. The number of piperazine rings is 1. The lowest BCUT2D eigenvalue weighted by Crippen LogP contribution is -2.51. The molecule has 1 saturated heterocycles. The van der Waals surface area contributed by atoms with Crippen LogP contribution in [0.3, 0.4) is 0 Å². The minimum Gasteiger partial charge on any atom is -0.212 e. The zero-order valence-electron chi connectivity index (χ0n) is 15.4. The van der Waals surface area contributed by atoms with E-state index in [1.807, 2.05) is 26.8 Å². The van der Waals surface area contributed by atoms with Gasteiger partial charge in [0.2, 0.25) is 20.0 Å². The molecule has 1 aromatic carbocycles. The van der Waals surface area contributed by atoms with Crippen LogP contribution in [0.4, 0.5) is 0 Å². The molecule has 25 heavy (non-hydrogen) atoms. The van der Waals surface area contributed by atoms with E-state index in [0.717, 1.165) is 5.56 Å². The number of sulfonamides is 2. The molecule has 2 rings (SSSR count). The van der Waals surface area contributed by atoms with Crippen LogP contribution in [0.5, 0.6) is 0 Å². The first kappa shape index (κ1) is 20.4. The van der Waals surface area contributed by atoms with Crippen molar-refractivity contribution in [3.63, 3.8) is 0 Å². The number of hydrogen-bond donors (Lipinski definition) is 0. The van der Waals surface area contributed by atoms with E-state index in [1.165, 1.54) is 8.61 Å². The maximum atomic E-state index is 12.8. The van der Waals surface area contributed by atoms with Gasteiger partial charge in [-0.2, -0.15) is 8.61 Å².